The van der Waals surface area contributed by atoms with E-state index in [1.54, 1.807) is 26.2 Å². The molecule has 9 nitrogen and oxygen atoms in total. The zero-order chi connectivity index (χ0) is 27.8. The molecule has 2 saturated heterocycles. The molecule has 0 radical (unpaired) electrons. The van der Waals surface area contributed by atoms with Crippen LogP contribution in [-0.4, -0.2) is 88.8 Å². The number of nitrogens with one attached hydrogen (secondary N) is 1. The average molecular weight is 539 g/mol. The highest BCUT2D eigenvalue weighted by atomic mass is 16.5. The van der Waals surface area contributed by atoms with Crippen molar-refractivity contribution in [1.82, 2.24) is 15.1 Å². The van der Waals surface area contributed by atoms with Crippen molar-refractivity contribution >= 4 is 17.5 Å². The second kappa shape index (κ2) is 13.7. The number of nitrogens with zero attached hydrogens (tertiary/aromatic N) is 3. The average Bonchev–Trinajstić information content (AvgIpc) is 2.99. The van der Waals surface area contributed by atoms with Gasteiger partial charge in [-0.05, 0) is 67.9 Å². The van der Waals surface area contributed by atoms with E-state index in [0.717, 1.165) is 56.9 Å². The van der Waals surface area contributed by atoms with Crippen molar-refractivity contribution in [3.8, 4) is 17.2 Å². The number of carbonyl (C=O) groups is 2. The van der Waals surface area contributed by atoms with Gasteiger partial charge in [0, 0.05) is 44.8 Å². The first-order chi connectivity index (χ1) is 19.0. The highest BCUT2D eigenvalue weighted by Crippen LogP contribution is 2.42. The molecule has 2 heterocycles. The van der Waals surface area contributed by atoms with Gasteiger partial charge in [0.05, 0.1) is 33.3 Å². The molecule has 0 aromatic heterocycles. The third-order valence-electron chi connectivity index (χ3n) is 7.90. The van der Waals surface area contributed by atoms with E-state index < -0.39 is 12.0 Å². The molecule has 2 aromatic rings. The monoisotopic (exact) mass is 538 g/mol. The minimum absolute atomic E-state index is 0.0183. The van der Waals surface area contributed by atoms with Crippen LogP contribution in [0.2, 0.25) is 0 Å². The summed E-state index contributed by atoms with van der Waals surface area (Å²) >= 11 is 0. The van der Waals surface area contributed by atoms with Crippen LogP contribution in [0, 0.1) is 5.92 Å². The van der Waals surface area contributed by atoms with E-state index in [-0.39, 0.29) is 11.8 Å². The van der Waals surface area contributed by atoms with Gasteiger partial charge in [0.25, 0.3) is 0 Å². The second-order valence-electron chi connectivity index (χ2n) is 10.1. The maximum absolute atomic E-state index is 13.6. The number of rotatable bonds is 11. The molecule has 212 valence electrons. The molecule has 0 aliphatic carbocycles. The van der Waals surface area contributed by atoms with Gasteiger partial charge in [0.1, 0.15) is 5.75 Å². The number of methoxy groups -OCH3 is 3. The van der Waals surface area contributed by atoms with Gasteiger partial charge in [-0.15, -0.1) is 0 Å². The largest absolute Gasteiger partial charge is 0.497 e. The lowest BCUT2D eigenvalue weighted by Crippen LogP contribution is -2.49. The highest BCUT2D eigenvalue weighted by molar-refractivity contribution is 5.97. The molecule has 1 N–H and O–H groups in total. The van der Waals surface area contributed by atoms with Crippen molar-refractivity contribution in [1.29, 1.82) is 0 Å². The summed E-state index contributed by atoms with van der Waals surface area (Å²) in [5, 5.41) is 3.18. The molecule has 2 fully saturated rings. The first-order valence-corrected chi connectivity index (χ1v) is 13.9. The maximum atomic E-state index is 13.6. The van der Waals surface area contributed by atoms with Gasteiger partial charge in [-0.2, -0.15) is 0 Å². The van der Waals surface area contributed by atoms with Crippen LogP contribution < -0.4 is 24.4 Å². The van der Waals surface area contributed by atoms with E-state index in [1.165, 1.54) is 0 Å². The van der Waals surface area contributed by atoms with E-state index in [4.69, 9.17) is 14.2 Å². The zero-order valence-corrected chi connectivity index (χ0v) is 23.7. The lowest BCUT2D eigenvalue weighted by Gasteiger charge is -2.41. The molecule has 39 heavy (non-hydrogen) atoms. The Kier molecular flexibility index (Phi) is 10.1. The van der Waals surface area contributed by atoms with Crippen molar-refractivity contribution < 1.29 is 23.8 Å². The number of piperidine rings is 1. The lowest BCUT2D eigenvalue weighted by atomic mass is 9.83. The molecule has 0 spiro atoms. The molecule has 0 bridgehead atoms. The van der Waals surface area contributed by atoms with E-state index >= 15 is 0 Å². The van der Waals surface area contributed by atoms with Gasteiger partial charge in [0.2, 0.25) is 11.8 Å². The van der Waals surface area contributed by atoms with Gasteiger partial charge in [-0.3, -0.25) is 9.59 Å². The van der Waals surface area contributed by atoms with Crippen molar-refractivity contribution in [3.63, 3.8) is 0 Å². The smallest absolute Gasteiger partial charge is 0.227 e. The summed E-state index contributed by atoms with van der Waals surface area (Å²) in [7, 11) is 4.78. The summed E-state index contributed by atoms with van der Waals surface area (Å²) in [5.74, 6) is 1.41. The maximum Gasteiger partial charge on any atom is 0.227 e. The van der Waals surface area contributed by atoms with Crippen LogP contribution in [-0.2, 0) is 9.59 Å². The van der Waals surface area contributed by atoms with Gasteiger partial charge in [-0.1, -0.05) is 13.0 Å². The van der Waals surface area contributed by atoms with Gasteiger partial charge in [0.15, 0.2) is 11.5 Å². The molecule has 2 aliphatic heterocycles. The predicted octanol–water partition coefficient (Wildman–Crippen LogP) is 3.34. The summed E-state index contributed by atoms with van der Waals surface area (Å²) < 4.78 is 16.3. The fourth-order valence-corrected chi connectivity index (χ4v) is 5.61. The Bertz CT molecular complexity index is 1100. The van der Waals surface area contributed by atoms with E-state index in [9.17, 15) is 9.59 Å². The molecular weight excluding hydrogens is 496 g/mol. The minimum Gasteiger partial charge on any atom is -0.497 e. The van der Waals surface area contributed by atoms with E-state index in [2.05, 4.69) is 22.0 Å². The summed E-state index contributed by atoms with van der Waals surface area (Å²) in [6.45, 7) is 9.24. The Hall–Kier alpha value is -3.30. The molecule has 2 aliphatic rings. The Morgan fingerprint density at radius 3 is 2.26 bits per heavy atom. The Morgan fingerprint density at radius 2 is 1.62 bits per heavy atom. The lowest BCUT2D eigenvalue weighted by molar-refractivity contribution is -0.129. The molecule has 0 saturated carbocycles. The summed E-state index contributed by atoms with van der Waals surface area (Å²) in [5.41, 5.74) is 1.55. The van der Waals surface area contributed by atoms with Gasteiger partial charge < -0.3 is 34.2 Å². The number of hydrogen-bond acceptors (Lipinski definition) is 7. The number of anilines is 1. The van der Waals surface area contributed by atoms with Crippen molar-refractivity contribution in [2.45, 2.75) is 32.2 Å². The van der Waals surface area contributed by atoms with Crippen LogP contribution in [0.4, 0.5) is 5.69 Å². The Morgan fingerprint density at radius 1 is 0.923 bits per heavy atom. The van der Waals surface area contributed by atoms with Crippen LogP contribution >= 0.6 is 0 Å². The number of piperazine rings is 1. The first-order valence-electron chi connectivity index (χ1n) is 13.9. The fraction of sp³-hybridized carbons (Fsp3) is 0.533. The van der Waals surface area contributed by atoms with Gasteiger partial charge in [-0.25, -0.2) is 0 Å². The highest BCUT2D eigenvalue weighted by Gasteiger charge is 2.41. The zero-order valence-electron chi connectivity index (χ0n) is 23.7. The minimum atomic E-state index is -0.485. The molecule has 2 amide bonds. The number of ether oxygens (including phenoxy) is 3. The summed E-state index contributed by atoms with van der Waals surface area (Å²) in [6, 6.07) is 12.5. The van der Waals surface area contributed by atoms with Crippen LogP contribution in [0.25, 0.3) is 0 Å². The number of hydrogen-bond donors (Lipinski definition) is 1. The first kappa shape index (κ1) is 28.7. The Labute approximate surface area is 232 Å². The topological polar surface area (TPSA) is 83.6 Å². The second-order valence-corrected chi connectivity index (χ2v) is 10.1. The standard InChI is InChI=1S/C30H42N4O5/c1-5-32-17-19-33(20-18-32)16-6-15-31-30(36)25-12-14-28(35)34(23-8-10-24(37-2)11-9-23)29(25)22-7-13-26(38-3)27(21-22)39-4/h7-11,13,21,25,29H,5-6,12,14-20H2,1-4H3,(H,31,36)/t25-,29+/m0/s1. The molecule has 9 heteroatoms. The van der Waals surface area contributed by atoms with Crippen LogP contribution in [0.15, 0.2) is 42.5 Å². The fourth-order valence-electron chi connectivity index (χ4n) is 5.61. The number of likely N-dealkylation sites (N-methyl/N-ethyl adjacent to an activating group) is 1. The molecule has 2 atom stereocenters. The molecule has 4 rings (SSSR count). The van der Waals surface area contributed by atoms with Crippen LogP contribution in [0.3, 0.4) is 0 Å². The quantitative estimate of drug-likeness (QED) is 0.440. The number of benzene rings is 2. The molecule has 0 unspecified atom stereocenters. The van der Waals surface area contributed by atoms with Gasteiger partial charge >= 0.3 is 0 Å². The van der Waals surface area contributed by atoms with E-state index in [1.807, 2.05) is 42.5 Å². The predicted molar refractivity (Wildman–Crippen MR) is 152 cm³/mol. The van der Waals surface area contributed by atoms with Crippen molar-refractivity contribution in [2.24, 2.45) is 5.92 Å². The summed E-state index contributed by atoms with van der Waals surface area (Å²) in [6.07, 6.45) is 1.68. The number of carbonyl (C=O) groups excluding carboxylic acids is 2. The molecular formula is C30H42N4O5. The van der Waals surface area contributed by atoms with Crippen LogP contribution in [0.5, 0.6) is 17.2 Å². The summed E-state index contributed by atoms with van der Waals surface area (Å²) in [4.78, 5) is 33.7. The molecule has 2 aromatic carbocycles. The normalized spacial score (nSPS) is 20.5. The Balaban J connectivity index is 1.52. The SMILES string of the molecule is CCN1CCN(CCCNC(=O)[C@H]2CCC(=O)N(c3ccc(OC)cc3)[C@@H]2c2ccc(OC)c(OC)c2)CC1. The third-order valence-corrected chi connectivity index (χ3v) is 7.90. The van der Waals surface area contributed by atoms with Crippen molar-refractivity contribution in [3.05, 3.63) is 48.0 Å². The van der Waals surface area contributed by atoms with Crippen LogP contribution in [0.1, 0.15) is 37.8 Å². The van der Waals surface area contributed by atoms with E-state index in [0.29, 0.717) is 36.6 Å². The number of amides is 2. The van der Waals surface area contributed by atoms with Crippen molar-refractivity contribution in [2.75, 3.05) is 72.0 Å². The third kappa shape index (κ3) is 6.83.